The molecule has 4 rings (SSSR count). The minimum absolute atomic E-state index is 0.274. The van der Waals surface area contributed by atoms with E-state index < -0.39 is 21.0 Å². The third-order valence-corrected chi connectivity index (χ3v) is 5.45. The summed E-state index contributed by atoms with van der Waals surface area (Å²) in [5.41, 5.74) is 0.548. The molecule has 0 aliphatic heterocycles. The van der Waals surface area contributed by atoms with E-state index in [0.29, 0.717) is 0 Å². The summed E-state index contributed by atoms with van der Waals surface area (Å²) in [5.74, 6) is 0. The second-order valence-electron chi connectivity index (χ2n) is 5.97. The normalized spacial score (nSPS) is 11.1. The van der Waals surface area contributed by atoms with E-state index in [1.165, 1.54) is 0 Å². The molecule has 4 aromatic carbocycles. The van der Waals surface area contributed by atoms with Gasteiger partial charge in [0.05, 0.1) is 0 Å². The molecule has 0 fully saturated rings. The molecule has 0 amide bonds. The van der Waals surface area contributed by atoms with Gasteiger partial charge in [-0.1, -0.05) is 60.7 Å². The fourth-order valence-corrected chi connectivity index (χ4v) is 3.78. The average molecular weight is 358 g/mol. The van der Waals surface area contributed by atoms with Crippen LogP contribution >= 0.6 is 0 Å². The number of benzene rings is 4. The number of rotatable bonds is 2. The number of hydrogen-bond donors (Lipinski definition) is 0. The van der Waals surface area contributed by atoms with Gasteiger partial charge >= 0.3 is 0 Å². The highest BCUT2D eigenvalue weighted by Gasteiger charge is 2.24. The zero-order chi connectivity index (χ0) is 18.1. The maximum atomic E-state index is 12.5. The summed E-state index contributed by atoms with van der Waals surface area (Å²) < 4.78 is 12.5. The van der Waals surface area contributed by atoms with Gasteiger partial charge in [0.25, 0.3) is 10.2 Å². The molecule has 0 unspecified atom stereocenters. The Morgan fingerprint density at radius 1 is 0.538 bits per heavy atom. The quantitative estimate of drug-likeness (QED) is 0.521. The molecule has 0 saturated heterocycles. The SMILES string of the molecule is O=C(c1ccc2ccccc2c1)S(=O)C(=O)c1ccc2ccccc2c1. The number of carbonyl (C=O) groups excluding carboxylic acids is 2. The van der Waals surface area contributed by atoms with Crippen molar-refractivity contribution in [3.63, 3.8) is 0 Å². The summed E-state index contributed by atoms with van der Waals surface area (Å²) in [7, 11) is -2.28. The van der Waals surface area contributed by atoms with Crippen molar-refractivity contribution in [1.29, 1.82) is 0 Å². The maximum Gasteiger partial charge on any atom is 0.257 e. The van der Waals surface area contributed by atoms with Crippen molar-refractivity contribution in [3.8, 4) is 0 Å². The fourth-order valence-electron chi connectivity index (χ4n) is 2.93. The maximum absolute atomic E-state index is 12.5. The molecule has 0 atom stereocenters. The minimum atomic E-state index is -2.28. The van der Waals surface area contributed by atoms with E-state index in [-0.39, 0.29) is 11.1 Å². The van der Waals surface area contributed by atoms with E-state index in [2.05, 4.69) is 0 Å². The first kappa shape index (κ1) is 16.4. The van der Waals surface area contributed by atoms with E-state index in [9.17, 15) is 13.8 Å². The second kappa shape index (κ2) is 6.65. The molecule has 0 heterocycles. The molecule has 4 aromatic rings. The lowest BCUT2D eigenvalue weighted by molar-refractivity contribution is 0.105. The van der Waals surface area contributed by atoms with Crippen LogP contribution in [0.25, 0.3) is 21.5 Å². The molecule has 0 spiro atoms. The predicted molar refractivity (Wildman–Crippen MR) is 105 cm³/mol. The van der Waals surface area contributed by atoms with E-state index in [0.717, 1.165) is 21.5 Å². The molecule has 0 bridgehead atoms. The van der Waals surface area contributed by atoms with Crippen molar-refractivity contribution in [1.82, 2.24) is 0 Å². The van der Waals surface area contributed by atoms with Crippen molar-refractivity contribution >= 4 is 42.6 Å². The highest BCUT2D eigenvalue weighted by Crippen LogP contribution is 2.20. The van der Waals surface area contributed by atoms with Crippen LogP contribution in [0.4, 0.5) is 0 Å². The van der Waals surface area contributed by atoms with Gasteiger partial charge in [-0.15, -0.1) is 0 Å². The van der Waals surface area contributed by atoms with Crippen LogP contribution in [-0.2, 0) is 10.8 Å². The van der Waals surface area contributed by atoms with Gasteiger partial charge in [-0.2, -0.15) is 0 Å². The Morgan fingerprint density at radius 2 is 0.923 bits per heavy atom. The Kier molecular flexibility index (Phi) is 4.19. The van der Waals surface area contributed by atoms with E-state index in [1.807, 2.05) is 48.5 Å². The summed E-state index contributed by atoms with van der Waals surface area (Å²) in [6.45, 7) is 0. The van der Waals surface area contributed by atoms with Crippen molar-refractivity contribution in [3.05, 3.63) is 96.1 Å². The zero-order valence-electron chi connectivity index (χ0n) is 13.7. The molecule has 26 heavy (non-hydrogen) atoms. The van der Waals surface area contributed by atoms with Gasteiger partial charge in [0, 0.05) is 11.1 Å². The first-order valence-corrected chi connectivity index (χ1v) is 9.26. The van der Waals surface area contributed by atoms with Crippen molar-refractivity contribution < 1.29 is 13.8 Å². The van der Waals surface area contributed by atoms with E-state index >= 15 is 0 Å². The van der Waals surface area contributed by atoms with Gasteiger partial charge in [0.15, 0.2) is 10.8 Å². The van der Waals surface area contributed by atoms with Crippen LogP contribution in [-0.4, -0.2) is 14.4 Å². The van der Waals surface area contributed by atoms with Crippen LogP contribution in [0.15, 0.2) is 84.9 Å². The molecule has 0 radical (unpaired) electrons. The van der Waals surface area contributed by atoms with Crippen LogP contribution in [0, 0.1) is 0 Å². The molecule has 0 N–H and O–H groups in total. The molecule has 0 aliphatic rings. The van der Waals surface area contributed by atoms with E-state index in [1.54, 1.807) is 36.4 Å². The molecular weight excluding hydrogens is 344 g/mol. The molecule has 126 valence electrons. The minimum Gasteiger partial charge on any atom is -0.278 e. The summed E-state index contributed by atoms with van der Waals surface area (Å²) in [4.78, 5) is 25.1. The van der Waals surface area contributed by atoms with Crippen molar-refractivity contribution in [2.75, 3.05) is 0 Å². The highest BCUT2D eigenvalue weighted by molar-refractivity contribution is 8.14. The lowest BCUT2D eigenvalue weighted by Crippen LogP contribution is -2.17. The van der Waals surface area contributed by atoms with Gasteiger partial charge in [-0.3, -0.25) is 9.59 Å². The Morgan fingerprint density at radius 3 is 1.35 bits per heavy atom. The lowest BCUT2D eigenvalue weighted by atomic mass is 10.1. The smallest absolute Gasteiger partial charge is 0.257 e. The van der Waals surface area contributed by atoms with Crippen molar-refractivity contribution in [2.24, 2.45) is 0 Å². The summed E-state index contributed by atoms with van der Waals surface area (Å²) in [6.07, 6.45) is 0. The van der Waals surface area contributed by atoms with Crippen LogP contribution in [0.2, 0.25) is 0 Å². The van der Waals surface area contributed by atoms with Gasteiger partial charge < -0.3 is 0 Å². The average Bonchev–Trinajstić information content (AvgIpc) is 2.71. The van der Waals surface area contributed by atoms with Gasteiger partial charge in [-0.05, 0) is 45.8 Å². The van der Waals surface area contributed by atoms with Crippen LogP contribution < -0.4 is 0 Å². The molecule has 0 aromatic heterocycles. The molecule has 0 aliphatic carbocycles. The summed E-state index contributed by atoms with van der Waals surface area (Å²) >= 11 is 0. The van der Waals surface area contributed by atoms with Crippen LogP contribution in [0.3, 0.4) is 0 Å². The van der Waals surface area contributed by atoms with Crippen LogP contribution in [0.1, 0.15) is 20.7 Å². The largest absolute Gasteiger partial charge is 0.278 e. The number of hydrogen-bond acceptors (Lipinski definition) is 3. The Labute approximate surface area is 152 Å². The van der Waals surface area contributed by atoms with Crippen LogP contribution in [0.5, 0.6) is 0 Å². The third-order valence-electron chi connectivity index (χ3n) is 4.31. The second-order valence-corrected chi connectivity index (χ2v) is 7.25. The monoisotopic (exact) mass is 358 g/mol. The summed E-state index contributed by atoms with van der Waals surface area (Å²) in [6, 6.07) is 25.3. The highest BCUT2D eigenvalue weighted by atomic mass is 32.2. The van der Waals surface area contributed by atoms with Crippen molar-refractivity contribution in [2.45, 2.75) is 0 Å². The third kappa shape index (κ3) is 2.95. The molecule has 4 heteroatoms. The van der Waals surface area contributed by atoms with Gasteiger partial charge in [-0.25, -0.2) is 4.21 Å². The molecule has 3 nitrogen and oxygen atoms in total. The zero-order valence-corrected chi connectivity index (χ0v) is 14.5. The molecular formula is C22H14O3S. The Balaban J connectivity index is 1.66. The first-order chi connectivity index (χ1) is 12.6. The lowest BCUT2D eigenvalue weighted by Gasteiger charge is -2.04. The topological polar surface area (TPSA) is 51.2 Å². The number of carbonyl (C=O) groups is 2. The Hall–Kier alpha value is -3.11. The Bertz CT molecular complexity index is 1100. The fraction of sp³-hybridized carbons (Fsp3) is 0. The number of fused-ring (bicyclic) bond motifs is 2. The molecule has 0 saturated carbocycles. The summed E-state index contributed by atoms with van der Waals surface area (Å²) in [5, 5.41) is 2.36. The predicted octanol–water partition coefficient (Wildman–Crippen LogP) is 4.72. The van der Waals surface area contributed by atoms with Gasteiger partial charge in [0.2, 0.25) is 0 Å². The first-order valence-electron chi connectivity index (χ1n) is 8.11. The van der Waals surface area contributed by atoms with E-state index in [4.69, 9.17) is 0 Å². The standard InChI is InChI=1S/C22H14O3S/c23-21(19-11-9-15-5-1-3-7-17(15)13-19)26(25)22(24)20-12-10-16-6-2-4-8-18(16)14-20/h1-14H. The van der Waals surface area contributed by atoms with Gasteiger partial charge in [0.1, 0.15) is 0 Å².